The number of urea groups is 1. The van der Waals surface area contributed by atoms with Gasteiger partial charge in [-0.15, -0.1) is 0 Å². The number of benzene rings is 2. The Labute approximate surface area is 205 Å². The lowest BCUT2D eigenvalue weighted by Gasteiger charge is -2.37. The number of sulfonamides is 1. The molecule has 2 fully saturated rings. The molecule has 2 aliphatic heterocycles. The van der Waals surface area contributed by atoms with Crippen molar-refractivity contribution < 1.29 is 23.1 Å². The molecular formula is C24H33N5O5S. The van der Waals surface area contributed by atoms with Crippen LogP contribution in [0.15, 0.2) is 47.4 Å². The van der Waals surface area contributed by atoms with Gasteiger partial charge in [0.15, 0.2) is 0 Å². The van der Waals surface area contributed by atoms with Crippen LogP contribution in [-0.2, 0) is 14.8 Å². The van der Waals surface area contributed by atoms with Crippen LogP contribution >= 0.6 is 0 Å². The number of nitrogens with zero attached hydrogens (tertiary/aromatic N) is 2. The zero-order valence-electron chi connectivity index (χ0n) is 19.6. The molecule has 3 amide bonds. The number of carbonyl (C=O) groups excluding carboxylic acids is 2. The summed E-state index contributed by atoms with van der Waals surface area (Å²) in [5, 5.41) is 14.1. The van der Waals surface area contributed by atoms with Crippen molar-refractivity contribution in [2.75, 3.05) is 32.8 Å². The van der Waals surface area contributed by atoms with E-state index in [0.29, 0.717) is 25.0 Å². The first-order valence-corrected chi connectivity index (χ1v) is 13.5. The molecule has 0 saturated carbocycles. The zero-order chi connectivity index (χ0) is 25.0. The topological polar surface area (TPSA) is 145 Å². The van der Waals surface area contributed by atoms with Crippen molar-refractivity contribution in [2.45, 2.75) is 48.7 Å². The number of nitrogens with one attached hydrogen (secondary N) is 2. The molecule has 5 N–H and O–H groups in total. The quantitative estimate of drug-likeness (QED) is 0.415. The van der Waals surface area contributed by atoms with Crippen LogP contribution in [0.5, 0.6) is 0 Å². The Hall–Kier alpha value is -2.73. The maximum Gasteiger partial charge on any atom is 0.312 e. The Morgan fingerprint density at radius 1 is 1.09 bits per heavy atom. The van der Waals surface area contributed by atoms with Gasteiger partial charge in [0.25, 0.3) is 0 Å². The number of aliphatic hydroxyl groups excluding tert-OH is 1. The molecule has 35 heavy (non-hydrogen) atoms. The molecule has 3 atom stereocenters. The number of nitrogens with two attached hydrogens (primary N) is 1. The van der Waals surface area contributed by atoms with Gasteiger partial charge in [-0.3, -0.25) is 9.69 Å². The van der Waals surface area contributed by atoms with Gasteiger partial charge in [-0.05, 0) is 43.7 Å². The molecule has 0 aliphatic carbocycles. The molecule has 0 aromatic heterocycles. The van der Waals surface area contributed by atoms with Crippen molar-refractivity contribution in [3.05, 3.63) is 42.5 Å². The fourth-order valence-electron chi connectivity index (χ4n) is 5.20. The van der Waals surface area contributed by atoms with E-state index in [2.05, 4.69) is 14.9 Å². The molecule has 2 aromatic carbocycles. The third-order valence-corrected chi connectivity index (χ3v) is 8.33. The molecule has 0 radical (unpaired) electrons. The Balaban J connectivity index is 1.45. The maximum atomic E-state index is 13.4. The van der Waals surface area contributed by atoms with E-state index in [1.807, 2.05) is 18.2 Å². The number of hydrogen-bond donors (Lipinski definition) is 4. The summed E-state index contributed by atoms with van der Waals surface area (Å²) < 4.78 is 28.9. The third-order valence-electron chi connectivity index (χ3n) is 6.80. The minimum atomic E-state index is -4.06. The van der Waals surface area contributed by atoms with Gasteiger partial charge in [-0.25, -0.2) is 13.2 Å². The van der Waals surface area contributed by atoms with E-state index in [1.54, 1.807) is 23.1 Å². The highest BCUT2D eigenvalue weighted by molar-refractivity contribution is 7.89. The van der Waals surface area contributed by atoms with Gasteiger partial charge in [-0.2, -0.15) is 4.72 Å². The average molecular weight is 504 g/mol. The summed E-state index contributed by atoms with van der Waals surface area (Å²) in [6.07, 6.45) is 3.37. The summed E-state index contributed by atoms with van der Waals surface area (Å²) in [7, 11) is -4.06. The number of carbonyl (C=O) groups is 2. The van der Waals surface area contributed by atoms with Gasteiger partial charge < -0.3 is 21.1 Å². The number of amides is 3. The summed E-state index contributed by atoms with van der Waals surface area (Å²) >= 11 is 0. The van der Waals surface area contributed by atoms with Crippen LogP contribution in [0.2, 0.25) is 0 Å². The lowest BCUT2D eigenvalue weighted by Crippen LogP contribution is -2.55. The lowest BCUT2D eigenvalue weighted by atomic mass is 10.0. The molecule has 11 heteroatoms. The van der Waals surface area contributed by atoms with Crippen LogP contribution in [0.4, 0.5) is 4.79 Å². The lowest BCUT2D eigenvalue weighted by molar-refractivity contribution is -0.135. The summed E-state index contributed by atoms with van der Waals surface area (Å²) in [6.45, 7) is 2.00. The summed E-state index contributed by atoms with van der Waals surface area (Å²) in [6, 6.07) is 10.2. The number of rotatable bonds is 8. The Morgan fingerprint density at radius 3 is 2.60 bits per heavy atom. The van der Waals surface area contributed by atoms with Crippen molar-refractivity contribution in [3.63, 3.8) is 0 Å². The van der Waals surface area contributed by atoms with Gasteiger partial charge in [-0.1, -0.05) is 36.4 Å². The number of piperidine rings is 1. The fourth-order valence-corrected chi connectivity index (χ4v) is 6.61. The van der Waals surface area contributed by atoms with Crippen molar-refractivity contribution in [2.24, 2.45) is 5.73 Å². The molecule has 190 valence electrons. The SMILES string of the molecule is NC(=O)NC1CCCN(CC2CCCN2C(=O)C(CO)NS(=O)(=O)c2cccc3ccccc23)C1. The van der Waals surface area contributed by atoms with Gasteiger partial charge in [0.1, 0.15) is 6.04 Å². The summed E-state index contributed by atoms with van der Waals surface area (Å²) in [5.41, 5.74) is 5.26. The minimum absolute atomic E-state index is 0.0236. The molecule has 2 heterocycles. The normalized spacial score (nSPS) is 22.3. The predicted molar refractivity (Wildman–Crippen MR) is 132 cm³/mol. The first-order valence-electron chi connectivity index (χ1n) is 12.0. The van der Waals surface area contributed by atoms with E-state index in [4.69, 9.17) is 5.73 Å². The number of hydrogen-bond acceptors (Lipinski definition) is 6. The molecule has 0 spiro atoms. The van der Waals surface area contributed by atoms with Crippen molar-refractivity contribution in [3.8, 4) is 0 Å². The zero-order valence-corrected chi connectivity index (χ0v) is 20.4. The van der Waals surface area contributed by atoms with Crippen molar-refractivity contribution in [1.82, 2.24) is 19.8 Å². The average Bonchev–Trinajstić information content (AvgIpc) is 3.29. The molecule has 2 aliphatic rings. The highest BCUT2D eigenvalue weighted by Crippen LogP contribution is 2.24. The Bertz CT molecular complexity index is 1170. The van der Waals surface area contributed by atoms with E-state index in [0.717, 1.165) is 37.6 Å². The second-order valence-corrected chi connectivity index (χ2v) is 11.0. The van der Waals surface area contributed by atoms with Gasteiger partial charge in [0.2, 0.25) is 15.9 Å². The molecule has 2 aromatic rings. The standard InChI is InChI=1S/C24H33N5O5S/c25-24(32)26-18-8-4-12-28(14-18)15-19-9-5-13-29(19)23(31)21(16-30)27-35(33,34)22-11-3-7-17-6-1-2-10-20(17)22/h1-3,6-7,10-11,18-19,21,27,30H,4-5,8-9,12-16H2,(H3,25,26,32). The molecule has 4 rings (SSSR count). The smallest absolute Gasteiger partial charge is 0.312 e. The second kappa shape index (κ2) is 10.9. The molecule has 0 bridgehead atoms. The van der Waals surface area contributed by atoms with Gasteiger partial charge in [0.05, 0.1) is 11.5 Å². The maximum absolute atomic E-state index is 13.4. The highest BCUT2D eigenvalue weighted by atomic mass is 32.2. The predicted octanol–water partition coefficient (Wildman–Crippen LogP) is 0.603. The number of fused-ring (bicyclic) bond motifs is 1. The molecule has 10 nitrogen and oxygen atoms in total. The molecule has 3 unspecified atom stereocenters. The van der Waals surface area contributed by atoms with Crippen LogP contribution in [0.3, 0.4) is 0 Å². The minimum Gasteiger partial charge on any atom is -0.394 e. The second-order valence-electron chi connectivity index (χ2n) is 9.27. The molecule has 2 saturated heterocycles. The van der Waals surface area contributed by atoms with Gasteiger partial charge >= 0.3 is 6.03 Å². The Morgan fingerprint density at radius 2 is 1.83 bits per heavy atom. The van der Waals surface area contributed by atoms with E-state index in [-0.39, 0.29) is 17.0 Å². The number of aliphatic hydroxyl groups is 1. The van der Waals surface area contributed by atoms with Crippen LogP contribution in [-0.4, -0.2) is 86.2 Å². The van der Waals surface area contributed by atoms with Crippen molar-refractivity contribution in [1.29, 1.82) is 0 Å². The third kappa shape index (κ3) is 5.92. The van der Waals surface area contributed by atoms with Crippen LogP contribution < -0.4 is 15.8 Å². The number of primary amides is 1. The highest BCUT2D eigenvalue weighted by Gasteiger charge is 2.36. The van der Waals surface area contributed by atoms with Crippen LogP contribution in [0, 0.1) is 0 Å². The largest absolute Gasteiger partial charge is 0.394 e. The van der Waals surface area contributed by atoms with Crippen LogP contribution in [0.25, 0.3) is 10.8 Å². The first-order chi connectivity index (χ1) is 16.8. The first kappa shape index (κ1) is 25.4. The van der Waals surface area contributed by atoms with E-state index >= 15 is 0 Å². The Kier molecular flexibility index (Phi) is 7.90. The van der Waals surface area contributed by atoms with E-state index < -0.39 is 34.6 Å². The number of likely N-dealkylation sites (tertiary alicyclic amines) is 2. The monoisotopic (exact) mass is 503 g/mol. The van der Waals surface area contributed by atoms with Crippen LogP contribution in [0.1, 0.15) is 25.7 Å². The summed E-state index contributed by atoms with van der Waals surface area (Å²) in [4.78, 5) is 28.5. The van der Waals surface area contributed by atoms with E-state index in [9.17, 15) is 23.1 Å². The molecular weight excluding hydrogens is 470 g/mol. The van der Waals surface area contributed by atoms with E-state index in [1.165, 1.54) is 6.07 Å². The van der Waals surface area contributed by atoms with Crippen molar-refractivity contribution >= 4 is 32.7 Å². The summed E-state index contributed by atoms with van der Waals surface area (Å²) in [5.74, 6) is -0.428. The van der Waals surface area contributed by atoms with Gasteiger partial charge in [0, 0.05) is 37.1 Å². The fraction of sp³-hybridized carbons (Fsp3) is 0.500.